The van der Waals surface area contributed by atoms with Crippen LogP contribution in [-0.4, -0.2) is 65.4 Å². The van der Waals surface area contributed by atoms with Gasteiger partial charge in [-0.1, -0.05) is 30.3 Å². The maximum absolute atomic E-state index is 12.4. The van der Waals surface area contributed by atoms with Crippen molar-refractivity contribution >= 4 is 11.8 Å². The Morgan fingerprint density at radius 3 is 2.61 bits per heavy atom. The molecule has 3 aromatic rings. The Morgan fingerprint density at radius 1 is 1.13 bits per heavy atom. The monoisotopic (exact) mass is 422 g/mol. The molecule has 2 amide bonds. The van der Waals surface area contributed by atoms with Gasteiger partial charge < -0.3 is 24.4 Å². The van der Waals surface area contributed by atoms with Crippen molar-refractivity contribution < 1.29 is 14.1 Å². The van der Waals surface area contributed by atoms with E-state index in [4.69, 9.17) is 9.26 Å². The van der Waals surface area contributed by atoms with Crippen molar-refractivity contribution in [3.63, 3.8) is 0 Å². The van der Waals surface area contributed by atoms with Crippen molar-refractivity contribution in [1.29, 1.82) is 0 Å². The Balaban J connectivity index is 1.21. The molecule has 3 heterocycles. The number of urea groups is 1. The number of benzene rings is 1. The molecule has 0 spiro atoms. The molecule has 0 aliphatic carbocycles. The van der Waals surface area contributed by atoms with Crippen molar-refractivity contribution in [2.75, 3.05) is 44.2 Å². The molecule has 1 aliphatic rings. The fourth-order valence-corrected chi connectivity index (χ4v) is 3.32. The van der Waals surface area contributed by atoms with E-state index >= 15 is 0 Å². The van der Waals surface area contributed by atoms with Crippen molar-refractivity contribution in [2.45, 2.75) is 13.3 Å². The molecule has 0 unspecified atom stereocenters. The molecule has 0 radical (unpaired) electrons. The van der Waals surface area contributed by atoms with Crippen molar-refractivity contribution in [3.8, 4) is 17.1 Å². The number of ether oxygens (including phenoxy) is 1. The van der Waals surface area contributed by atoms with Crippen molar-refractivity contribution in [2.24, 2.45) is 0 Å². The first-order valence-electron chi connectivity index (χ1n) is 10.5. The first kappa shape index (κ1) is 20.6. The zero-order chi connectivity index (χ0) is 21.5. The standard InChI is InChI=1S/C22H26N6O3/c1-2-20-25-21(26-31-20)17-8-9-19(24-16-17)27-11-13-28(14-12-27)22(29)23-10-15-30-18-6-4-3-5-7-18/h3-9,16H,2,10-15H2,1H3,(H,23,29). The van der Waals surface area contributed by atoms with Crippen molar-refractivity contribution in [1.82, 2.24) is 25.3 Å². The highest BCUT2D eigenvalue weighted by atomic mass is 16.5. The van der Waals surface area contributed by atoms with Crippen LogP contribution < -0.4 is 15.0 Å². The summed E-state index contributed by atoms with van der Waals surface area (Å²) < 4.78 is 10.8. The number of carbonyl (C=O) groups is 1. The Labute approximate surface area is 181 Å². The second kappa shape index (κ2) is 9.92. The number of para-hydroxylation sites is 1. The molecule has 4 rings (SSSR count). The van der Waals surface area contributed by atoms with Gasteiger partial charge in [0, 0.05) is 44.4 Å². The van der Waals surface area contributed by atoms with E-state index < -0.39 is 0 Å². The van der Waals surface area contributed by atoms with Crippen LogP contribution in [0.5, 0.6) is 5.75 Å². The number of hydrogen-bond donors (Lipinski definition) is 1. The number of rotatable bonds is 7. The molecule has 0 bridgehead atoms. The predicted molar refractivity (Wildman–Crippen MR) is 116 cm³/mol. The van der Waals surface area contributed by atoms with Crippen LogP contribution in [0.2, 0.25) is 0 Å². The number of nitrogens with zero attached hydrogens (tertiary/aromatic N) is 5. The minimum Gasteiger partial charge on any atom is -0.492 e. The van der Waals surface area contributed by atoms with Crippen LogP contribution >= 0.6 is 0 Å². The van der Waals surface area contributed by atoms with E-state index in [1.165, 1.54) is 0 Å². The Bertz CT molecular complexity index is 968. The minimum absolute atomic E-state index is 0.0662. The second-order valence-electron chi connectivity index (χ2n) is 7.14. The van der Waals surface area contributed by atoms with Gasteiger partial charge in [-0.3, -0.25) is 0 Å². The summed E-state index contributed by atoms with van der Waals surface area (Å²) in [7, 11) is 0. The Kier molecular flexibility index (Phi) is 6.61. The van der Waals surface area contributed by atoms with Gasteiger partial charge in [0.2, 0.25) is 11.7 Å². The lowest BCUT2D eigenvalue weighted by molar-refractivity contribution is 0.191. The lowest BCUT2D eigenvalue weighted by atomic mass is 10.2. The molecule has 1 aromatic carbocycles. The van der Waals surface area contributed by atoms with Gasteiger partial charge in [0.1, 0.15) is 18.2 Å². The zero-order valence-electron chi connectivity index (χ0n) is 17.5. The molecule has 162 valence electrons. The molecule has 1 N–H and O–H groups in total. The third kappa shape index (κ3) is 5.30. The van der Waals surface area contributed by atoms with E-state index in [1.807, 2.05) is 54.3 Å². The number of hydrogen-bond acceptors (Lipinski definition) is 7. The number of aromatic nitrogens is 3. The minimum atomic E-state index is -0.0662. The summed E-state index contributed by atoms with van der Waals surface area (Å²) in [6.45, 7) is 5.60. The second-order valence-corrected chi connectivity index (χ2v) is 7.14. The fourth-order valence-electron chi connectivity index (χ4n) is 3.32. The largest absolute Gasteiger partial charge is 0.492 e. The van der Waals surface area contributed by atoms with Gasteiger partial charge in [-0.2, -0.15) is 4.98 Å². The fraction of sp³-hybridized carbons (Fsp3) is 0.364. The molecule has 2 aromatic heterocycles. The van der Waals surface area contributed by atoms with Gasteiger partial charge in [0.15, 0.2) is 0 Å². The molecule has 1 aliphatic heterocycles. The first-order valence-corrected chi connectivity index (χ1v) is 10.5. The lowest BCUT2D eigenvalue weighted by Crippen LogP contribution is -2.52. The van der Waals surface area contributed by atoms with Crippen LogP contribution in [0.15, 0.2) is 53.2 Å². The van der Waals surface area contributed by atoms with E-state index in [9.17, 15) is 4.79 Å². The molecule has 0 atom stereocenters. The van der Waals surface area contributed by atoms with Gasteiger partial charge in [0.25, 0.3) is 0 Å². The number of nitrogens with one attached hydrogen (secondary N) is 1. The van der Waals surface area contributed by atoms with E-state index in [2.05, 4.69) is 25.3 Å². The van der Waals surface area contributed by atoms with Gasteiger partial charge in [-0.25, -0.2) is 9.78 Å². The normalized spacial score (nSPS) is 13.8. The molecule has 1 saturated heterocycles. The van der Waals surface area contributed by atoms with Gasteiger partial charge in [0.05, 0.1) is 6.54 Å². The van der Waals surface area contributed by atoms with Crippen LogP contribution in [-0.2, 0) is 6.42 Å². The number of pyridine rings is 1. The topological polar surface area (TPSA) is 96.6 Å². The highest BCUT2D eigenvalue weighted by Crippen LogP contribution is 2.19. The number of aryl methyl sites for hydroxylation is 1. The van der Waals surface area contributed by atoms with Gasteiger partial charge in [-0.05, 0) is 24.3 Å². The Morgan fingerprint density at radius 2 is 1.94 bits per heavy atom. The molecular formula is C22H26N6O3. The van der Waals surface area contributed by atoms with Crippen LogP contribution in [0.25, 0.3) is 11.4 Å². The summed E-state index contributed by atoms with van der Waals surface area (Å²) in [4.78, 5) is 25.2. The van der Waals surface area contributed by atoms with Gasteiger partial charge >= 0.3 is 6.03 Å². The molecule has 9 nitrogen and oxygen atoms in total. The van der Waals surface area contributed by atoms with E-state index in [0.29, 0.717) is 44.4 Å². The summed E-state index contributed by atoms with van der Waals surface area (Å²) >= 11 is 0. The van der Waals surface area contributed by atoms with E-state index in [1.54, 1.807) is 6.20 Å². The molecule has 9 heteroatoms. The summed E-state index contributed by atoms with van der Waals surface area (Å²) in [5.41, 5.74) is 0.822. The first-order chi connectivity index (χ1) is 15.2. The highest BCUT2D eigenvalue weighted by Gasteiger charge is 2.22. The average Bonchev–Trinajstić information content (AvgIpc) is 3.32. The van der Waals surface area contributed by atoms with E-state index in [0.717, 1.165) is 30.2 Å². The molecule has 1 fully saturated rings. The summed E-state index contributed by atoms with van der Waals surface area (Å²) in [6.07, 6.45) is 2.46. The maximum atomic E-state index is 12.4. The van der Waals surface area contributed by atoms with E-state index in [-0.39, 0.29) is 6.03 Å². The number of piperazine rings is 1. The molecular weight excluding hydrogens is 396 g/mol. The number of anilines is 1. The average molecular weight is 422 g/mol. The maximum Gasteiger partial charge on any atom is 0.317 e. The SMILES string of the molecule is CCc1nc(-c2ccc(N3CCN(C(=O)NCCOc4ccccc4)CC3)nc2)no1. The van der Waals surface area contributed by atoms with Crippen LogP contribution in [0, 0.1) is 0 Å². The summed E-state index contributed by atoms with van der Waals surface area (Å²) in [5, 5.41) is 6.89. The zero-order valence-corrected chi connectivity index (χ0v) is 17.5. The van der Waals surface area contributed by atoms with Gasteiger partial charge in [-0.15, -0.1) is 0 Å². The Hall–Kier alpha value is -3.62. The molecule has 31 heavy (non-hydrogen) atoms. The van der Waals surface area contributed by atoms with Crippen LogP contribution in [0.1, 0.15) is 12.8 Å². The summed E-state index contributed by atoms with van der Waals surface area (Å²) in [6, 6.07) is 13.4. The van der Waals surface area contributed by atoms with Crippen molar-refractivity contribution in [3.05, 3.63) is 54.6 Å². The third-order valence-corrected chi connectivity index (χ3v) is 5.06. The quantitative estimate of drug-likeness (QED) is 0.585. The summed E-state index contributed by atoms with van der Waals surface area (Å²) in [5.74, 6) is 2.84. The molecule has 0 saturated carbocycles. The predicted octanol–water partition coefficient (Wildman–Crippen LogP) is 2.60. The van der Waals surface area contributed by atoms with Crippen LogP contribution in [0.4, 0.5) is 10.6 Å². The van der Waals surface area contributed by atoms with Crippen LogP contribution in [0.3, 0.4) is 0 Å². The number of amides is 2. The number of carbonyl (C=O) groups excluding carboxylic acids is 1. The smallest absolute Gasteiger partial charge is 0.317 e. The third-order valence-electron chi connectivity index (χ3n) is 5.06. The highest BCUT2D eigenvalue weighted by molar-refractivity contribution is 5.74. The lowest BCUT2D eigenvalue weighted by Gasteiger charge is -2.35.